The Morgan fingerprint density at radius 2 is 1.76 bits per heavy atom. The first kappa shape index (κ1) is 24.8. The third kappa shape index (κ3) is 4.54. The van der Waals surface area contributed by atoms with Gasteiger partial charge in [-0.1, -0.05) is 19.1 Å². The molecule has 2 aliphatic heterocycles. The van der Waals surface area contributed by atoms with Crippen LogP contribution < -0.4 is 14.4 Å². The molecule has 1 atom stereocenters. The Labute approximate surface area is 210 Å². The van der Waals surface area contributed by atoms with Crippen LogP contribution in [0.5, 0.6) is 5.75 Å². The molecule has 194 valence electrons. The van der Waals surface area contributed by atoms with E-state index in [0.717, 1.165) is 12.1 Å². The lowest BCUT2D eigenvalue weighted by Crippen LogP contribution is -2.35. The van der Waals surface area contributed by atoms with Crippen molar-refractivity contribution in [1.29, 1.82) is 0 Å². The van der Waals surface area contributed by atoms with Crippen molar-refractivity contribution in [3.8, 4) is 5.75 Å². The first-order valence-corrected chi connectivity index (χ1v) is 12.7. The van der Waals surface area contributed by atoms with E-state index in [1.807, 2.05) is 6.92 Å². The summed E-state index contributed by atoms with van der Waals surface area (Å²) >= 11 is 0. The molecule has 0 aliphatic carbocycles. The first-order valence-electron chi connectivity index (χ1n) is 11.2. The van der Waals surface area contributed by atoms with E-state index in [9.17, 15) is 26.4 Å². The smallest absolute Gasteiger partial charge is 0.416 e. The highest BCUT2D eigenvalue weighted by atomic mass is 32.2. The summed E-state index contributed by atoms with van der Waals surface area (Å²) in [5.74, 6) is 0.165. The summed E-state index contributed by atoms with van der Waals surface area (Å²) in [4.78, 5) is 21.2. The fourth-order valence-electron chi connectivity index (χ4n) is 4.57. The number of benzene rings is 2. The van der Waals surface area contributed by atoms with Gasteiger partial charge in [0.25, 0.3) is 10.0 Å². The van der Waals surface area contributed by atoms with Crippen LogP contribution in [0.2, 0.25) is 0 Å². The molecule has 2 aromatic carbocycles. The number of ether oxygens (including phenoxy) is 2. The quantitative estimate of drug-likeness (QED) is 0.518. The van der Waals surface area contributed by atoms with E-state index < -0.39 is 33.3 Å². The van der Waals surface area contributed by atoms with E-state index in [2.05, 4.69) is 14.7 Å². The Morgan fingerprint density at radius 1 is 1.03 bits per heavy atom. The highest BCUT2D eigenvalue weighted by molar-refractivity contribution is 7.92. The molecular weight excluding hydrogens is 513 g/mol. The second-order valence-corrected chi connectivity index (χ2v) is 10.4. The molecule has 9 nitrogen and oxygen atoms in total. The average Bonchev–Trinajstić information content (AvgIpc) is 3.29. The van der Waals surface area contributed by atoms with E-state index in [4.69, 9.17) is 9.47 Å². The van der Waals surface area contributed by atoms with Crippen LogP contribution in [-0.2, 0) is 26.4 Å². The molecule has 0 unspecified atom stereocenters. The van der Waals surface area contributed by atoms with Crippen molar-refractivity contribution in [2.75, 3.05) is 29.4 Å². The summed E-state index contributed by atoms with van der Waals surface area (Å²) in [5, 5.41) is 0. The van der Waals surface area contributed by atoms with E-state index in [1.165, 1.54) is 35.5 Å². The topological polar surface area (TPSA) is 111 Å². The SMILES string of the molecule is C[C@@]1(c2ccc(C(F)(F)F)cc2N2CCOC2=O)CCOc2cc(S(=O)(=O)Nc3ncccn3)ccc21. The van der Waals surface area contributed by atoms with Gasteiger partial charge in [0.2, 0.25) is 5.95 Å². The first-order chi connectivity index (χ1) is 17.5. The number of amides is 1. The number of cyclic esters (lactones) is 1. The molecule has 37 heavy (non-hydrogen) atoms. The second-order valence-electron chi connectivity index (χ2n) is 8.76. The lowest BCUT2D eigenvalue weighted by molar-refractivity contribution is -0.137. The van der Waals surface area contributed by atoms with Crippen LogP contribution in [0.1, 0.15) is 30.0 Å². The van der Waals surface area contributed by atoms with Crippen molar-refractivity contribution in [2.24, 2.45) is 0 Å². The number of carbonyl (C=O) groups excluding carboxylic acids is 1. The fourth-order valence-corrected chi connectivity index (χ4v) is 5.54. The van der Waals surface area contributed by atoms with Crippen LogP contribution in [0.4, 0.5) is 29.6 Å². The number of nitrogens with one attached hydrogen (secondary N) is 1. The molecule has 1 fully saturated rings. The van der Waals surface area contributed by atoms with Crippen LogP contribution in [0, 0.1) is 0 Å². The maximum atomic E-state index is 13.5. The number of hydrogen-bond acceptors (Lipinski definition) is 7. The summed E-state index contributed by atoms with van der Waals surface area (Å²) in [6.45, 7) is 2.17. The van der Waals surface area contributed by atoms with Crippen molar-refractivity contribution in [1.82, 2.24) is 9.97 Å². The molecule has 1 amide bonds. The maximum absolute atomic E-state index is 13.5. The van der Waals surface area contributed by atoms with Gasteiger partial charge in [0.05, 0.1) is 29.3 Å². The molecule has 3 heterocycles. The summed E-state index contributed by atoms with van der Waals surface area (Å²) in [7, 11) is -4.05. The normalized spacial score (nSPS) is 19.7. The van der Waals surface area contributed by atoms with Gasteiger partial charge in [0, 0.05) is 29.4 Å². The molecule has 1 N–H and O–H groups in total. The van der Waals surface area contributed by atoms with Crippen molar-refractivity contribution < 1.29 is 35.9 Å². The van der Waals surface area contributed by atoms with E-state index in [1.54, 1.807) is 12.1 Å². The molecule has 1 saturated heterocycles. The highest BCUT2D eigenvalue weighted by Crippen LogP contribution is 2.48. The van der Waals surface area contributed by atoms with Gasteiger partial charge in [-0.15, -0.1) is 0 Å². The minimum absolute atomic E-state index is 0.0598. The van der Waals surface area contributed by atoms with Gasteiger partial charge >= 0.3 is 12.3 Å². The van der Waals surface area contributed by atoms with Crippen LogP contribution in [0.3, 0.4) is 0 Å². The molecule has 1 aromatic heterocycles. The number of nitrogens with zero attached hydrogens (tertiary/aromatic N) is 3. The Kier molecular flexibility index (Phi) is 5.97. The minimum atomic E-state index is -4.61. The maximum Gasteiger partial charge on any atom is 0.416 e. The van der Waals surface area contributed by atoms with Crippen molar-refractivity contribution >= 4 is 27.8 Å². The van der Waals surface area contributed by atoms with Crippen molar-refractivity contribution in [2.45, 2.75) is 29.8 Å². The molecule has 0 spiro atoms. The standard InChI is InChI=1S/C24H21F3N4O5S/c1-23(17-5-3-15(24(25,26)27)13-19(17)31-10-12-36-22(31)32)7-11-35-20-14-16(4-6-18(20)23)37(33,34)30-21-28-8-2-9-29-21/h2-6,8-9,13-14H,7,10-12H2,1H3,(H,28,29,30)/t23-/m0/s1. The third-order valence-electron chi connectivity index (χ3n) is 6.48. The number of aromatic nitrogens is 2. The molecule has 0 saturated carbocycles. The number of alkyl halides is 3. The Bertz CT molecular complexity index is 1470. The Hall–Kier alpha value is -3.87. The molecule has 2 aliphatic rings. The third-order valence-corrected chi connectivity index (χ3v) is 7.81. The van der Waals surface area contributed by atoms with Gasteiger partial charge in [-0.25, -0.2) is 27.9 Å². The number of halogens is 3. The van der Waals surface area contributed by atoms with E-state index in [-0.39, 0.29) is 42.0 Å². The molecule has 5 rings (SSSR count). The number of carbonyl (C=O) groups is 1. The van der Waals surface area contributed by atoms with Gasteiger partial charge in [-0.05, 0) is 36.2 Å². The van der Waals surface area contributed by atoms with Crippen molar-refractivity contribution in [3.05, 3.63) is 71.5 Å². The zero-order valence-electron chi connectivity index (χ0n) is 19.4. The van der Waals surface area contributed by atoms with E-state index in [0.29, 0.717) is 17.5 Å². The zero-order valence-corrected chi connectivity index (χ0v) is 20.3. The van der Waals surface area contributed by atoms with Gasteiger partial charge in [0.1, 0.15) is 12.4 Å². The molecule has 3 aromatic rings. The average molecular weight is 535 g/mol. The lowest BCUT2D eigenvalue weighted by atomic mass is 9.71. The fraction of sp³-hybridized carbons (Fsp3) is 0.292. The highest BCUT2D eigenvalue weighted by Gasteiger charge is 2.41. The largest absolute Gasteiger partial charge is 0.493 e. The number of fused-ring (bicyclic) bond motifs is 1. The lowest BCUT2D eigenvalue weighted by Gasteiger charge is -2.38. The Balaban J connectivity index is 1.58. The molecule has 0 radical (unpaired) electrons. The van der Waals surface area contributed by atoms with Crippen LogP contribution in [0.15, 0.2) is 59.8 Å². The predicted octanol–water partition coefficient (Wildman–Crippen LogP) is 4.34. The van der Waals surface area contributed by atoms with Gasteiger partial charge in [-0.2, -0.15) is 13.2 Å². The summed E-state index contributed by atoms with van der Waals surface area (Å²) in [6.07, 6.45) is -2.17. The monoisotopic (exact) mass is 534 g/mol. The molecular formula is C24H21F3N4O5S. The van der Waals surface area contributed by atoms with Gasteiger partial charge in [0.15, 0.2) is 0 Å². The number of rotatable bonds is 5. The van der Waals surface area contributed by atoms with Gasteiger partial charge in [-0.3, -0.25) is 4.90 Å². The summed E-state index contributed by atoms with van der Waals surface area (Å²) in [5.41, 5.74) is -0.656. The predicted molar refractivity (Wildman–Crippen MR) is 126 cm³/mol. The molecule has 0 bridgehead atoms. The van der Waals surface area contributed by atoms with Crippen molar-refractivity contribution in [3.63, 3.8) is 0 Å². The van der Waals surface area contributed by atoms with Crippen LogP contribution >= 0.6 is 0 Å². The summed E-state index contributed by atoms with van der Waals surface area (Å²) < 4.78 is 79.5. The minimum Gasteiger partial charge on any atom is -0.493 e. The van der Waals surface area contributed by atoms with Crippen LogP contribution in [-0.4, -0.2) is 44.2 Å². The second kappa shape index (κ2) is 8.91. The number of sulfonamides is 1. The summed E-state index contributed by atoms with van der Waals surface area (Å²) in [6, 6.07) is 9.13. The zero-order chi connectivity index (χ0) is 26.4. The van der Waals surface area contributed by atoms with E-state index >= 15 is 0 Å². The number of hydrogen-bond donors (Lipinski definition) is 1. The Morgan fingerprint density at radius 3 is 2.43 bits per heavy atom. The number of anilines is 2. The molecule has 13 heteroatoms. The van der Waals surface area contributed by atoms with Gasteiger partial charge < -0.3 is 9.47 Å². The van der Waals surface area contributed by atoms with Crippen LogP contribution in [0.25, 0.3) is 0 Å².